The number of nitrogens with one attached hydrogen (secondary N) is 1. The fourth-order valence-electron chi connectivity index (χ4n) is 2.51. The highest BCUT2D eigenvalue weighted by Gasteiger charge is 2.32. The normalized spacial score (nSPS) is 24.2. The Labute approximate surface area is 131 Å². The number of sulfonamides is 1. The Bertz CT molecular complexity index is 596. The smallest absolute Gasteiger partial charge is 0.243 e. The minimum atomic E-state index is -3.52. The van der Waals surface area contributed by atoms with Crippen molar-refractivity contribution in [1.29, 1.82) is 0 Å². The lowest BCUT2D eigenvalue weighted by Gasteiger charge is -2.34. The second kappa shape index (κ2) is 6.62. The van der Waals surface area contributed by atoms with Gasteiger partial charge in [-0.3, -0.25) is 0 Å². The van der Waals surface area contributed by atoms with Gasteiger partial charge in [0.2, 0.25) is 10.0 Å². The predicted molar refractivity (Wildman–Crippen MR) is 83.0 cm³/mol. The summed E-state index contributed by atoms with van der Waals surface area (Å²) in [6.07, 6.45) is -0.208. The van der Waals surface area contributed by atoms with Crippen LogP contribution < -0.4 is 5.32 Å². The van der Waals surface area contributed by atoms with Crippen molar-refractivity contribution in [2.24, 2.45) is 0 Å². The van der Waals surface area contributed by atoms with Crippen LogP contribution in [0.3, 0.4) is 0 Å². The van der Waals surface area contributed by atoms with E-state index in [2.05, 4.69) is 5.32 Å². The van der Waals surface area contributed by atoms with Crippen molar-refractivity contribution in [2.45, 2.75) is 37.5 Å². The van der Waals surface area contributed by atoms with Crippen LogP contribution in [0.5, 0.6) is 0 Å². The number of ether oxygens (including phenoxy) is 1. The van der Waals surface area contributed by atoms with Crippen LogP contribution in [0.1, 0.15) is 19.4 Å². The summed E-state index contributed by atoms with van der Waals surface area (Å²) in [4.78, 5) is 0.276. The summed E-state index contributed by atoms with van der Waals surface area (Å²) in [5, 5.41) is 3.55. The molecular weight excluding hydrogens is 312 g/mol. The molecule has 7 heteroatoms. The molecule has 1 N–H and O–H groups in total. The van der Waals surface area contributed by atoms with Crippen LogP contribution in [-0.4, -0.2) is 45.1 Å². The molecule has 0 unspecified atom stereocenters. The number of rotatable bonds is 4. The molecule has 0 bridgehead atoms. The van der Waals surface area contributed by atoms with E-state index >= 15 is 0 Å². The number of hydrogen-bond acceptors (Lipinski definition) is 4. The highest BCUT2D eigenvalue weighted by atomic mass is 35.5. The molecule has 1 aromatic carbocycles. The summed E-state index contributed by atoms with van der Waals surface area (Å²) in [7, 11) is -1.72. The van der Waals surface area contributed by atoms with Crippen molar-refractivity contribution in [1.82, 2.24) is 9.62 Å². The number of nitrogens with zero attached hydrogens (tertiary/aromatic N) is 1. The number of hydrogen-bond donors (Lipinski definition) is 1. The van der Waals surface area contributed by atoms with E-state index in [1.807, 2.05) is 13.8 Å². The van der Waals surface area contributed by atoms with Crippen LogP contribution in [0.4, 0.5) is 0 Å². The van der Waals surface area contributed by atoms with E-state index in [-0.39, 0.29) is 17.1 Å². The van der Waals surface area contributed by atoms with Gasteiger partial charge in [-0.1, -0.05) is 11.6 Å². The highest BCUT2D eigenvalue weighted by molar-refractivity contribution is 7.89. The molecule has 1 aromatic rings. The fraction of sp³-hybridized carbons (Fsp3) is 0.571. The molecule has 1 aliphatic heterocycles. The van der Waals surface area contributed by atoms with Crippen LogP contribution in [0.2, 0.25) is 5.02 Å². The van der Waals surface area contributed by atoms with Gasteiger partial charge in [0.25, 0.3) is 0 Å². The molecule has 1 heterocycles. The van der Waals surface area contributed by atoms with Crippen molar-refractivity contribution in [3.05, 3.63) is 28.8 Å². The Morgan fingerprint density at radius 1 is 1.33 bits per heavy atom. The summed E-state index contributed by atoms with van der Waals surface area (Å²) in [6, 6.07) is 4.83. The van der Waals surface area contributed by atoms with Gasteiger partial charge in [-0.25, -0.2) is 8.42 Å². The van der Waals surface area contributed by atoms with Crippen LogP contribution in [0, 0.1) is 0 Å². The quantitative estimate of drug-likeness (QED) is 0.914. The first-order valence-electron chi connectivity index (χ1n) is 6.93. The van der Waals surface area contributed by atoms with Gasteiger partial charge in [-0.15, -0.1) is 0 Å². The molecule has 0 saturated carbocycles. The summed E-state index contributed by atoms with van der Waals surface area (Å²) in [6.45, 7) is 5.03. The molecule has 1 saturated heterocycles. The van der Waals surface area contributed by atoms with Gasteiger partial charge >= 0.3 is 0 Å². The Hall–Kier alpha value is -0.660. The standard InChI is InChI=1S/C14H21ClN2O3S/c1-10-8-17(9-11(2)20-10)21(18,19)13-4-5-14(15)12(6-13)7-16-3/h4-6,10-11,16H,7-9H2,1-3H3/t10-,11+. The molecule has 5 nitrogen and oxygen atoms in total. The first-order chi connectivity index (χ1) is 9.84. The highest BCUT2D eigenvalue weighted by Crippen LogP contribution is 2.25. The fourth-order valence-corrected chi connectivity index (χ4v) is 4.34. The van der Waals surface area contributed by atoms with E-state index in [0.29, 0.717) is 24.7 Å². The van der Waals surface area contributed by atoms with Gasteiger partial charge in [0, 0.05) is 24.7 Å². The van der Waals surface area contributed by atoms with Gasteiger partial charge in [0.15, 0.2) is 0 Å². The summed E-state index contributed by atoms with van der Waals surface area (Å²) in [5.74, 6) is 0. The second-order valence-corrected chi connectivity index (χ2v) is 7.71. The Kier molecular flexibility index (Phi) is 5.27. The van der Waals surface area contributed by atoms with E-state index in [1.54, 1.807) is 25.2 Å². The number of morpholine rings is 1. The minimum absolute atomic E-state index is 0.104. The van der Waals surface area contributed by atoms with Crippen LogP contribution in [0.15, 0.2) is 23.1 Å². The molecule has 2 atom stereocenters. The van der Waals surface area contributed by atoms with Crippen LogP contribution >= 0.6 is 11.6 Å². The molecule has 0 aromatic heterocycles. The van der Waals surface area contributed by atoms with Gasteiger partial charge in [-0.2, -0.15) is 4.31 Å². The van der Waals surface area contributed by atoms with Crippen molar-refractivity contribution < 1.29 is 13.2 Å². The van der Waals surface area contributed by atoms with E-state index in [0.717, 1.165) is 5.56 Å². The zero-order chi connectivity index (χ0) is 15.6. The largest absolute Gasteiger partial charge is 0.373 e. The van der Waals surface area contributed by atoms with Crippen molar-refractivity contribution in [3.63, 3.8) is 0 Å². The van der Waals surface area contributed by atoms with Crippen molar-refractivity contribution in [3.8, 4) is 0 Å². The van der Waals surface area contributed by atoms with Gasteiger partial charge in [0.05, 0.1) is 17.1 Å². The van der Waals surface area contributed by atoms with E-state index in [9.17, 15) is 8.42 Å². The summed E-state index contributed by atoms with van der Waals surface area (Å²) < 4.78 is 32.6. The molecule has 21 heavy (non-hydrogen) atoms. The molecular formula is C14H21ClN2O3S. The third kappa shape index (κ3) is 3.76. The van der Waals surface area contributed by atoms with Gasteiger partial charge in [0.1, 0.15) is 0 Å². The lowest BCUT2D eigenvalue weighted by Crippen LogP contribution is -2.48. The monoisotopic (exact) mass is 332 g/mol. The molecule has 118 valence electrons. The summed E-state index contributed by atoms with van der Waals surface area (Å²) >= 11 is 6.09. The van der Waals surface area contributed by atoms with Crippen LogP contribution in [-0.2, 0) is 21.3 Å². The maximum Gasteiger partial charge on any atom is 0.243 e. The van der Waals surface area contributed by atoms with Crippen molar-refractivity contribution >= 4 is 21.6 Å². The Morgan fingerprint density at radius 2 is 1.95 bits per heavy atom. The minimum Gasteiger partial charge on any atom is -0.373 e. The first-order valence-corrected chi connectivity index (χ1v) is 8.75. The zero-order valence-corrected chi connectivity index (χ0v) is 14.0. The van der Waals surface area contributed by atoms with Gasteiger partial charge in [-0.05, 0) is 44.7 Å². The number of halogens is 1. The SMILES string of the molecule is CNCc1cc(S(=O)(=O)N2C[C@@H](C)O[C@@H](C)C2)ccc1Cl. The zero-order valence-electron chi connectivity index (χ0n) is 12.5. The van der Waals surface area contributed by atoms with Gasteiger partial charge < -0.3 is 10.1 Å². The molecule has 2 rings (SSSR count). The molecule has 0 spiro atoms. The van der Waals surface area contributed by atoms with Crippen molar-refractivity contribution in [2.75, 3.05) is 20.1 Å². The van der Waals surface area contributed by atoms with E-state index in [4.69, 9.17) is 16.3 Å². The Morgan fingerprint density at radius 3 is 2.52 bits per heavy atom. The van der Waals surface area contributed by atoms with E-state index in [1.165, 1.54) is 4.31 Å². The predicted octanol–water partition coefficient (Wildman–Crippen LogP) is 1.86. The first kappa shape index (κ1) is 16.7. The topological polar surface area (TPSA) is 58.6 Å². The lowest BCUT2D eigenvalue weighted by atomic mass is 10.2. The molecule has 1 fully saturated rings. The molecule has 0 aliphatic carbocycles. The third-order valence-electron chi connectivity index (χ3n) is 3.41. The van der Waals surface area contributed by atoms with Crippen LogP contribution in [0.25, 0.3) is 0 Å². The second-order valence-electron chi connectivity index (χ2n) is 5.36. The third-order valence-corrected chi connectivity index (χ3v) is 5.60. The summed E-state index contributed by atoms with van der Waals surface area (Å²) in [5.41, 5.74) is 0.773. The lowest BCUT2D eigenvalue weighted by molar-refractivity contribution is -0.0440. The maximum atomic E-state index is 12.8. The number of benzene rings is 1. The molecule has 1 aliphatic rings. The molecule has 0 amide bonds. The molecule has 0 radical (unpaired) electrons. The maximum absolute atomic E-state index is 12.8. The Balaban J connectivity index is 2.33. The average Bonchev–Trinajstić information content (AvgIpc) is 2.40. The van der Waals surface area contributed by atoms with E-state index < -0.39 is 10.0 Å². The average molecular weight is 333 g/mol.